The number of nitrogens with zero attached hydrogens (tertiary/aromatic N) is 2. The van der Waals surface area contributed by atoms with E-state index < -0.39 is 0 Å². The lowest BCUT2D eigenvalue weighted by Crippen LogP contribution is -2.35. The fraction of sp³-hybridized carbons (Fsp3) is 0.510. The summed E-state index contributed by atoms with van der Waals surface area (Å²) in [6, 6.07) is 18.6. The molecule has 61 heavy (non-hydrogen) atoms. The number of rotatable bonds is 22. The molecule has 1 amide bonds. The van der Waals surface area contributed by atoms with Crippen LogP contribution in [0.15, 0.2) is 78.9 Å². The lowest BCUT2D eigenvalue weighted by Gasteiger charge is -2.23. The molecule has 3 unspecified atom stereocenters. The van der Waals surface area contributed by atoms with Gasteiger partial charge in [-0.15, -0.1) is 11.2 Å². The van der Waals surface area contributed by atoms with Crippen molar-refractivity contribution in [2.45, 2.75) is 83.3 Å². The molecule has 2 aliphatic heterocycles. The van der Waals surface area contributed by atoms with E-state index in [1.54, 1.807) is 14.2 Å². The molecule has 3 aliphatic rings. The minimum absolute atomic E-state index is 0.00413. The Kier molecular flexibility index (Phi) is 17.7. The summed E-state index contributed by atoms with van der Waals surface area (Å²) in [6.07, 6.45) is 19.9. The van der Waals surface area contributed by atoms with Gasteiger partial charge in [0.25, 0.3) is 5.91 Å². The molecule has 3 aromatic rings. The van der Waals surface area contributed by atoms with E-state index in [2.05, 4.69) is 95.4 Å². The Morgan fingerprint density at radius 3 is 2.31 bits per heavy atom. The standard InChI is InChI=1S/C49H67BN4O6S/c1-6-20-50(21-13-24-59-47-29-43(36(2)26-45(47)57-3)51-31-41-27-40(33-54(41)35-55)38-17-11-8-12-18-38)22-14-25-60-48-30-44(52-34-61-5)42(28-46(48)58-4)49(56)53-23-19-39(32-53)37-15-9-7-10-16-37/h7-12,15,17-18,26,28-30,37,39-41,51-52,55H,6,13-14,16,19-25,27,31-33,35H2,1-5H3/t37?,39?,40?,41-/m0/s1. The third-order valence-corrected chi connectivity index (χ3v) is 13.0. The minimum atomic E-state index is 0.00413. The molecule has 0 spiro atoms. The number of nitrogens with one attached hydrogen (secondary N) is 2. The summed E-state index contributed by atoms with van der Waals surface area (Å²) in [4.78, 5) is 18.1. The van der Waals surface area contributed by atoms with Crippen LogP contribution in [0.1, 0.15) is 72.9 Å². The molecule has 0 radical (unpaired) electrons. The normalized spacial score (nSPS) is 19.7. The second-order valence-corrected chi connectivity index (χ2v) is 17.3. The van der Waals surface area contributed by atoms with Gasteiger partial charge in [0.05, 0.1) is 45.4 Å². The number of benzene rings is 3. The Bertz CT molecular complexity index is 2000. The predicted molar refractivity (Wildman–Crippen MR) is 253 cm³/mol. The van der Waals surface area contributed by atoms with Gasteiger partial charge in [0.15, 0.2) is 23.0 Å². The van der Waals surface area contributed by atoms with Crippen molar-refractivity contribution in [2.24, 2.45) is 11.8 Å². The van der Waals surface area contributed by atoms with Crippen LogP contribution in [-0.4, -0.2) is 100 Å². The summed E-state index contributed by atoms with van der Waals surface area (Å²) < 4.78 is 24.3. The number of carbonyl (C=O) groups is 1. The number of hydrogen-bond donors (Lipinski definition) is 3. The summed E-state index contributed by atoms with van der Waals surface area (Å²) >= 11 is 1.43. The number of allylic oxidation sites excluding steroid dienone is 4. The van der Waals surface area contributed by atoms with Crippen LogP contribution < -0.4 is 29.6 Å². The smallest absolute Gasteiger partial charge is 0.256 e. The van der Waals surface area contributed by atoms with E-state index in [0.29, 0.717) is 60.4 Å². The Morgan fingerprint density at radius 2 is 1.66 bits per heavy atom. The van der Waals surface area contributed by atoms with E-state index in [0.717, 1.165) is 106 Å². The number of hydrogen-bond acceptors (Lipinski definition) is 9. The van der Waals surface area contributed by atoms with Crippen molar-refractivity contribution in [2.75, 3.05) is 77.2 Å². The molecule has 6 rings (SSSR count). The van der Waals surface area contributed by atoms with E-state index in [-0.39, 0.29) is 18.7 Å². The first-order chi connectivity index (χ1) is 29.8. The molecule has 3 aromatic carbocycles. The van der Waals surface area contributed by atoms with Gasteiger partial charge in [0.2, 0.25) is 0 Å². The number of carbonyl (C=O) groups excluding carboxylic acids is 1. The number of aliphatic hydroxyl groups is 1. The van der Waals surface area contributed by atoms with Crippen molar-refractivity contribution in [3.05, 3.63) is 95.6 Å². The highest BCUT2D eigenvalue weighted by Gasteiger charge is 2.34. The van der Waals surface area contributed by atoms with Gasteiger partial charge >= 0.3 is 0 Å². The molecule has 2 fully saturated rings. The van der Waals surface area contributed by atoms with E-state index in [1.165, 1.54) is 16.7 Å². The van der Waals surface area contributed by atoms with Crippen LogP contribution in [0.3, 0.4) is 0 Å². The van der Waals surface area contributed by atoms with Crippen LogP contribution in [0.4, 0.5) is 11.4 Å². The second-order valence-electron chi connectivity index (χ2n) is 16.7. The maximum Gasteiger partial charge on any atom is 0.256 e. The lowest BCUT2D eigenvalue weighted by atomic mass is 9.41. The molecule has 0 saturated carbocycles. The Morgan fingerprint density at radius 1 is 0.934 bits per heavy atom. The van der Waals surface area contributed by atoms with Crippen LogP contribution in [0, 0.1) is 24.1 Å². The molecule has 10 nitrogen and oxygen atoms in total. The van der Waals surface area contributed by atoms with Crippen LogP contribution in [0.5, 0.6) is 23.0 Å². The average Bonchev–Trinajstić information content (AvgIpc) is 3.97. The van der Waals surface area contributed by atoms with Crippen LogP contribution >= 0.6 is 11.2 Å². The fourth-order valence-electron chi connectivity index (χ4n) is 9.30. The van der Waals surface area contributed by atoms with Crippen LogP contribution in [0.2, 0.25) is 19.0 Å². The Hall–Kier alpha value is -4.61. The van der Waals surface area contributed by atoms with Gasteiger partial charge in [-0.25, -0.2) is 0 Å². The van der Waals surface area contributed by atoms with Gasteiger partial charge in [-0.2, -0.15) is 0 Å². The zero-order valence-electron chi connectivity index (χ0n) is 37.0. The maximum absolute atomic E-state index is 13.9. The highest BCUT2D eigenvalue weighted by Crippen LogP contribution is 2.38. The van der Waals surface area contributed by atoms with Gasteiger partial charge in [0, 0.05) is 61.6 Å². The van der Waals surface area contributed by atoms with Gasteiger partial charge in [-0.05, 0) is 80.0 Å². The van der Waals surface area contributed by atoms with Crippen LogP contribution in [0.25, 0.3) is 0 Å². The lowest BCUT2D eigenvalue weighted by molar-refractivity contribution is 0.0784. The zero-order valence-corrected chi connectivity index (χ0v) is 37.8. The molecule has 0 bridgehead atoms. The number of anilines is 2. The number of ether oxygens (including phenoxy) is 4. The predicted octanol–water partition coefficient (Wildman–Crippen LogP) is 9.66. The third-order valence-electron chi connectivity index (χ3n) is 12.7. The number of likely N-dealkylation sites (tertiary alicyclic amines) is 2. The molecule has 1 aliphatic carbocycles. The SMILES string of the molecule is CCCB(CCCOc1cc(NC[C@@H]2CC(c3ccccc3)CN2CO)c(C)cc1OC)CCCOc1cc(NC#SC)c(C(=O)N2CCC(C3C=CC=CC3)C2)cc1OC. The highest BCUT2D eigenvalue weighted by molar-refractivity contribution is 7.87. The van der Waals surface area contributed by atoms with Gasteiger partial charge < -0.3 is 39.6 Å². The second kappa shape index (κ2) is 23.6. The number of amides is 1. The van der Waals surface area contributed by atoms with E-state index in [1.807, 2.05) is 29.4 Å². The number of aliphatic hydroxyl groups excluding tert-OH is 1. The first kappa shape index (κ1) is 45.9. The van der Waals surface area contributed by atoms with Crippen LogP contribution in [-0.2, 0) is 0 Å². The number of methoxy groups -OCH3 is 2. The molecule has 3 N–H and O–H groups in total. The zero-order chi connectivity index (χ0) is 43.0. The molecule has 0 aromatic heterocycles. The monoisotopic (exact) mass is 850 g/mol. The fourth-order valence-corrected chi connectivity index (χ4v) is 9.51. The van der Waals surface area contributed by atoms with Gasteiger partial charge in [-0.3, -0.25) is 9.69 Å². The molecular formula is C49H67BN4O6S. The molecule has 328 valence electrons. The highest BCUT2D eigenvalue weighted by atomic mass is 32.1. The maximum atomic E-state index is 13.9. The molecular weight excluding hydrogens is 783 g/mol. The average molecular weight is 851 g/mol. The first-order valence-corrected chi connectivity index (χ1v) is 23.5. The summed E-state index contributed by atoms with van der Waals surface area (Å²) in [7, 11) is 3.32. The largest absolute Gasteiger partial charge is 0.493 e. The quantitative estimate of drug-likeness (QED) is 0.0518. The summed E-state index contributed by atoms with van der Waals surface area (Å²) in [6.45, 7) is 9.19. The minimum Gasteiger partial charge on any atom is -0.493 e. The third kappa shape index (κ3) is 12.5. The van der Waals surface area contributed by atoms with Crippen molar-refractivity contribution in [1.29, 1.82) is 0 Å². The summed E-state index contributed by atoms with van der Waals surface area (Å²) in [5.41, 5.74) is 4.69. The van der Waals surface area contributed by atoms with E-state index >= 15 is 0 Å². The van der Waals surface area contributed by atoms with Gasteiger partial charge in [0.1, 0.15) is 6.71 Å². The van der Waals surface area contributed by atoms with E-state index in [4.69, 9.17) is 18.9 Å². The molecule has 2 heterocycles. The van der Waals surface area contributed by atoms with E-state index in [9.17, 15) is 9.90 Å². The van der Waals surface area contributed by atoms with Crippen molar-refractivity contribution in [1.82, 2.24) is 9.80 Å². The van der Waals surface area contributed by atoms with Crippen molar-refractivity contribution in [3.63, 3.8) is 0 Å². The molecule has 4 atom stereocenters. The topological polar surface area (TPSA) is 105 Å². The van der Waals surface area contributed by atoms with Crippen molar-refractivity contribution in [3.8, 4) is 28.3 Å². The Labute approximate surface area is 368 Å². The number of aryl methyl sites for hydroxylation is 1. The van der Waals surface area contributed by atoms with Crippen molar-refractivity contribution < 1.29 is 28.8 Å². The summed E-state index contributed by atoms with van der Waals surface area (Å²) in [5.74, 6) is 4.02. The first-order valence-electron chi connectivity index (χ1n) is 22.3. The Balaban J connectivity index is 0.986. The summed E-state index contributed by atoms with van der Waals surface area (Å²) in [5, 5.41) is 20.1. The molecule has 2 saturated heterocycles. The van der Waals surface area contributed by atoms with Gasteiger partial charge in [-0.1, -0.05) is 86.9 Å². The van der Waals surface area contributed by atoms with Crippen molar-refractivity contribution >= 4 is 35.2 Å². The molecule has 12 heteroatoms.